The Bertz CT molecular complexity index is 572. The van der Waals surface area contributed by atoms with Crippen molar-refractivity contribution in [3.8, 4) is 0 Å². The van der Waals surface area contributed by atoms with Gasteiger partial charge in [0.2, 0.25) is 0 Å². The van der Waals surface area contributed by atoms with E-state index in [0.717, 1.165) is 21.8 Å². The molecule has 0 aliphatic rings. The zero-order valence-corrected chi connectivity index (χ0v) is 12.1. The second-order valence-corrected chi connectivity index (χ2v) is 5.27. The Morgan fingerprint density at radius 3 is 2.78 bits per heavy atom. The summed E-state index contributed by atoms with van der Waals surface area (Å²) in [5.41, 5.74) is 2.90. The molecule has 2 aromatic carbocycles. The molecule has 0 heterocycles. The largest absolute Gasteiger partial charge is 0.380 e. The van der Waals surface area contributed by atoms with Gasteiger partial charge in [0.05, 0.1) is 15.2 Å². The normalized spacial score (nSPS) is 10.4. The summed E-state index contributed by atoms with van der Waals surface area (Å²) in [7, 11) is 0. The summed E-state index contributed by atoms with van der Waals surface area (Å²) in [5.74, 6) is -0.257. The molecule has 0 bridgehead atoms. The van der Waals surface area contributed by atoms with Gasteiger partial charge in [-0.2, -0.15) is 0 Å². The van der Waals surface area contributed by atoms with Crippen LogP contribution in [0.1, 0.15) is 11.1 Å². The number of nitrogens with one attached hydrogen (secondary N) is 1. The summed E-state index contributed by atoms with van der Waals surface area (Å²) in [6.45, 7) is 2.56. The first-order chi connectivity index (χ1) is 8.58. The Balaban J connectivity index is 2.11. The fourth-order valence-electron chi connectivity index (χ4n) is 1.63. The molecule has 0 saturated carbocycles. The van der Waals surface area contributed by atoms with Gasteiger partial charge in [0.25, 0.3) is 0 Å². The predicted octanol–water partition coefficient (Wildman–Crippen LogP) is 5.16. The van der Waals surface area contributed by atoms with Crippen molar-refractivity contribution >= 4 is 33.2 Å². The second kappa shape index (κ2) is 5.72. The van der Waals surface area contributed by atoms with Crippen molar-refractivity contribution in [3.63, 3.8) is 0 Å². The van der Waals surface area contributed by atoms with E-state index >= 15 is 0 Å². The highest BCUT2D eigenvalue weighted by Gasteiger charge is 2.04. The van der Waals surface area contributed by atoms with Crippen LogP contribution in [0.2, 0.25) is 5.02 Å². The van der Waals surface area contributed by atoms with Crippen LogP contribution in [-0.4, -0.2) is 0 Å². The molecular formula is C14H12BrClFN. The number of benzene rings is 2. The molecular weight excluding hydrogens is 317 g/mol. The number of anilines is 1. The van der Waals surface area contributed by atoms with Crippen LogP contribution in [0.15, 0.2) is 40.9 Å². The summed E-state index contributed by atoms with van der Waals surface area (Å²) in [5, 5.41) is 3.96. The Morgan fingerprint density at radius 1 is 1.28 bits per heavy atom. The van der Waals surface area contributed by atoms with E-state index in [1.165, 1.54) is 6.07 Å². The molecule has 0 fully saturated rings. The quantitative estimate of drug-likeness (QED) is 0.820. The smallest absolute Gasteiger partial charge is 0.137 e. The van der Waals surface area contributed by atoms with E-state index in [9.17, 15) is 4.39 Å². The van der Waals surface area contributed by atoms with Crippen molar-refractivity contribution in [2.75, 3.05) is 5.32 Å². The average Bonchev–Trinajstić information content (AvgIpc) is 2.35. The lowest BCUT2D eigenvalue weighted by Crippen LogP contribution is -2.00. The molecule has 0 amide bonds. The Labute approximate surface area is 119 Å². The lowest BCUT2D eigenvalue weighted by Gasteiger charge is -2.10. The van der Waals surface area contributed by atoms with Crippen LogP contribution in [0.5, 0.6) is 0 Å². The third-order valence-electron chi connectivity index (χ3n) is 2.66. The molecule has 1 N–H and O–H groups in total. The second-order valence-electron chi connectivity index (χ2n) is 4.04. The first-order valence-electron chi connectivity index (χ1n) is 5.51. The summed E-state index contributed by atoms with van der Waals surface area (Å²) in [4.78, 5) is 0. The lowest BCUT2D eigenvalue weighted by atomic mass is 10.2. The minimum Gasteiger partial charge on any atom is -0.380 e. The van der Waals surface area contributed by atoms with Crippen molar-refractivity contribution < 1.29 is 4.39 Å². The van der Waals surface area contributed by atoms with E-state index in [4.69, 9.17) is 11.6 Å². The summed E-state index contributed by atoms with van der Waals surface area (Å²) >= 11 is 9.35. The van der Waals surface area contributed by atoms with Crippen LogP contribution < -0.4 is 5.32 Å². The van der Waals surface area contributed by atoms with Crippen molar-refractivity contribution in [2.45, 2.75) is 13.5 Å². The van der Waals surface area contributed by atoms with Gasteiger partial charge >= 0.3 is 0 Å². The maximum absolute atomic E-state index is 13.1. The number of aryl methyl sites for hydroxylation is 1. The van der Waals surface area contributed by atoms with E-state index < -0.39 is 0 Å². The van der Waals surface area contributed by atoms with Gasteiger partial charge in [0.1, 0.15) is 5.82 Å². The Morgan fingerprint density at radius 2 is 2.06 bits per heavy atom. The van der Waals surface area contributed by atoms with Crippen molar-refractivity contribution in [1.82, 2.24) is 0 Å². The molecule has 0 aromatic heterocycles. The number of halogens is 3. The number of hydrogen-bond donors (Lipinski definition) is 1. The Kier molecular flexibility index (Phi) is 4.25. The third-order valence-corrected chi connectivity index (χ3v) is 3.77. The molecule has 18 heavy (non-hydrogen) atoms. The monoisotopic (exact) mass is 327 g/mol. The molecule has 0 atom stereocenters. The van der Waals surface area contributed by atoms with Crippen molar-refractivity contribution in [3.05, 3.63) is 62.8 Å². The maximum Gasteiger partial charge on any atom is 0.137 e. The van der Waals surface area contributed by atoms with Crippen molar-refractivity contribution in [2.24, 2.45) is 0 Å². The minimum absolute atomic E-state index is 0.257. The summed E-state index contributed by atoms with van der Waals surface area (Å²) in [6, 6.07) is 10.8. The topological polar surface area (TPSA) is 12.0 Å². The fourth-order valence-corrected chi connectivity index (χ4v) is 2.25. The fraction of sp³-hybridized carbons (Fsp3) is 0.143. The van der Waals surface area contributed by atoms with Crippen LogP contribution in [0.3, 0.4) is 0 Å². The molecule has 0 aliphatic carbocycles. The third kappa shape index (κ3) is 3.03. The van der Waals surface area contributed by atoms with Gasteiger partial charge in [-0.05, 0) is 52.2 Å². The number of rotatable bonds is 3. The van der Waals surface area contributed by atoms with E-state index in [-0.39, 0.29) is 5.82 Å². The van der Waals surface area contributed by atoms with Gasteiger partial charge in [0, 0.05) is 6.54 Å². The molecule has 0 unspecified atom stereocenters. The van der Waals surface area contributed by atoms with Crippen LogP contribution in [0, 0.1) is 12.7 Å². The Hall–Kier alpha value is -1.06. The predicted molar refractivity (Wildman–Crippen MR) is 77.6 cm³/mol. The maximum atomic E-state index is 13.1. The zero-order valence-electron chi connectivity index (χ0n) is 9.81. The highest BCUT2D eigenvalue weighted by molar-refractivity contribution is 9.10. The molecule has 4 heteroatoms. The molecule has 0 saturated heterocycles. The first kappa shape index (κ1) is 13.4. The molecule has 1 nitrogen and oxygen atoms in total. The highest BCUT2D eigenvalue weighted by Crippen LogP contribution is 2.26. The molecule has 0 radical (unpaired) electrons. The first-order valence-corrected chi connectivity index (χ1v) is 6.68. The van der Waals surface area contributed by atoms with Gasteiger partial charge < -0.3 is 5.32 Å². The van der Waals surface area contributed by atoms with Gasteiger partial charge in [-0.3, -0.25) is 0 Å². The number of hydrogen-bond acceptors (Lipinski definition) is 1. The SMILES string of the molecule is Cc1cccc(NCc2ccc(F)c(Br)c2)c1Cl. The van der Waals surface area contributed by atoms with Crippen LogP contribution >= 0.6 is 27.5 Å². The van der Waals surface area contributed by atoms with Crippen LogP contribution in [0.4, 0.5) is 10.1 Å². The summed E-state index contributed by atoms with van der Waals surface area (Å²) < 4.78 is 13.6. The van der Waals surface area contributed by atoms with Crippen molar-refractivity contribution in [1.29, 1.82) is 0 Å². The highest BCUT2D eigenvalue weighted by atomic mass is 79.9. The van der Waals surface area contributed by atoms with E-state index in [0.29, 0.717) is 11.0 Å². The van der Waals surface area contributed by atoms with Crippen LogP contribution in [-0.2, 0) is 6.54 Å². The lowest BCUT2D eigenvalue weighted by molar-refractivity contribution is 0.620. The van der Waals surface area contributed by atoms with Crippen LogP contribution in [0.25, 0.3) is 0 Å². The van der Waals surface area contributed by atoms with Gasteiger partial charge in [-0.25, -0.2) is 4.39 Å². The minimum atomic E-state index is -0.257. The van der Waals surface area contributed by atoms with Gasteiger partial charge in [-0.1, -0.05) is 29.8 Å². The molecule has 94 valence electrons. The standard InChI is InChI=1S/C14H12BrClFN/c1-9-3-2-4-13(14(9)16)18-8-10-5-6-12(17)11(15)7-10/h2-7,18H,8H2,1H3. The average molecular weight is 329 g/mol. The molecule has 0 spiro atoms. The van der Waals surface area contributed by atoms with E-state index in [2.05, 4.69) is 21.2 Å². The van der Waals surface area contributed by atoms with Gasteiger partial charge in [0.15, 0.2) is 0 Å². The van der Waals surface area contributed by atoms with Gasteiger partial charge in [-0.15, -0.1) is 0 Å². The van der Waals surface area contributed by atoms with E-state index in [1.54, 1.807) is 12.1 Å². The molecule has 0 aliphatic heterocycles. The van der Waals surface area contributed by atoms with E-state index in [1.807, 2.05) is 25.1 Å². The zero-order chi connectivity index (χ0) is 13.1. The molecule has 2 aromatic rings. The summed E-state index contributed by atoms with van der Waals surface area (Å²) in [6.07, 6.45) is 0. The molecule has 2 rings (SSSR count).